The minimum absolute atomic E-state index is 0. The van der Waals surface area contributed by atoms with Crippen LogP contribution in [-0.2, 0) is 0 Å². The van der Waals surface area contributed by atoms with Gasteiger partial charge in [-0.1, -0.05) is 0 Å². The van der Waals surface area contributed by atoms with E-state index in [1.54, 1.807) is 0 Å². The third-order valence-electron chi connectivity index (χ3n) is 0. The zero-order valence-corrected chi connectivity index (χ0v) is 27.7. The fourth-order valence-corrected chi connectivity index (χ4v) is 0. The predicted octanol–water partition coefficient (Wildman–Crippen LogP) is -1.90. The van der Waals surface area contributed by atoms with E-state index < -0.39 is 0 Å². The Labute approximate surface area is 236 Å². The molecule has 8 heteroatoms. The van der Waals surface area contributed by atoms with Crippen LogP contribution in [-0.4, -0.2) is 120 Å². The van der Waals surface area contributed by atoms with Crippen molar-refractivity contribution in [1.82, 2.24) is 0 Å². The van der Waals surface area contributed by atoms with Gasteiger partial charge in [-0.15, -0.1) is 0 Å². The molecule has 0 aromatic heterocycles. The zero-order chi connectivity index (χ0) is 0. The standard InChI is InChI=1S/3Ce.5Sn. The minimum atomic E-state index is 0. The van der Waals surface area contributed by atoms with Crippen molar-refractivity contribution in [2.75, 3.05) is 0 Å². The summed E-state index contributed by atoms with van der Waals surface area (Å²) in [6, 6.07) is 0. The molecule has 0 N–H and O–H groups in total. The van der Waals surface area contributed by atoms with E-state index in [0.717, 1.165) is 0 Å². The maximum absolute atomic E-state index is 0. The van der Waals surface area contributed by atoms with Crippen LogP contribution in [0.5, 0.6) is 0 Å². The van der Waals surface area contributed by atoms with Gasteiger partial charge < -0.3 is 0 Å². The van der Waals surface area contributed by atoms with Gasteiger partial charge in [0, 0.05) is 245 Å². The Morgan fingerprint density at radius 2 is 0.250 bits per heavy atom. The van der Waals surface area contributed by atoms with Crippen molar-refractivity contribution in [3.63, 3.8) is 0 Å². The smallest absolute Gasteiger partial charge is 0 e. The van der Waals surface area contributed by atoms with Gasteiger partial charge >= 0.3 is 0 Å². The molecule has 0 aromatic rings. The second-order valence-electron chi connectivity index (χ2n) is 0. The van der Waals surface area contributed by atoms with Gasteiger partial charge in [-0.25, -0.2) is 0 Å². The summed E-state index contributed by atoms with van der Waals surface area (Å²) in [5, 5.41) is 0. The van der Waals surface area contributed by atoms with E-state index in [2.05, 4.69) is 0 Å². The summed E-state index contributed by atoms with van der Waals surface area (Å²) < 4.78 is 0. The number of hydrogen-bond donors (Lipinski definition) is 0. The van der Waals surface area contributed by atoms with Crippen LogP contribution in [0.4, 0.5) is 0 Å². The molecule has 0 aliphatic rings. The number of hydrogen-bond acceptors (Lipinski definition) is 0. The van der Waals surface area contributed by atoms with Crippen LogP contribution in [0.2, 0.25) is 0 Å². The van der Waals surface area contributed by atoms with Crippen molar-refractivity contribution in [3.8, 4) is 0 Å². The SMILES string of the molecule is [Ce].[Ce].[Ce].[Sn].[Sn].[Sn].[Sn].[Sn]. The summed E-state index contributed by atoms with van der Waals surface area (Å²) >= 11 is 0. The van der Waals surface area contributed by atoms with Crippen LogP contribution in [0.3, 0.4) is 0 Å². The monoisotopic (exact) mass is 1020 g/mol. The van der Waals surface area contributed by atoms with E-state index in [4.69, 9.17) is 0 Å². The summed E-state index contributed by atoms with van der Waals surface area (Å²) in [5.41, 5.74) is 0. The molecule has 0 aliphatic heterocycles. The van der Waals surface area contributed by atoms with E-state index in [1.807, 2.05) is 0 Å². The summed E-state index contributed by atoms with van der Waals surface area (Å²) in [6.45, 7) is 0. The van der Waals surface area contributed by atoms with Crippen LogP contribution < -0.4 is 0 Å². The summed E-state index contributed by atoms with van der Waals surface area (Å²) in [6.07, 6.45) is 0. The first kappa shape index (κ1) is 55.9. The fraction of sp³-hybridized carbons (Fsp3) is 0. The Kier molecular flexibility index (Phi) is 319. The van der Waals surface area contributed by atoms with Crippen molar-refractivity contribution in [2.45, 2.75) is 0 Å². The van der Waals surface area contributed by atoms with Gasteiger partial charge in [-0.3, -0.25) is 0 Å². The second kappa shape index (κ2) is 45.7. The first-order valence-electron chi connectivity index (χ1n) is 0. The van der Waals surface area contributed by atoms with Gasteiger partial charge in [0.05, 0.1) is 0 Å². The molecular weight excluding hydrogens is 1010 g/mol. The van der Waals surface area contributed by atoms with E-state index >= 15 is 0 Å². The Morgan fingerprint density at radius 1 is 0.250 bits per heavy atom. The average molecular weight is 1010 g/mol. The largest absolute Gasteiger partial charge is 0 e. The fourth-order valence-electron chi connectivity index (χ4n) is 0. The zero-order valence-electron chi connectivity index (χ0n) is 4.00. The second-order valence-corrected chi connectivity index (χ2v) is 0. The maximum atomic E-state index is 0. The Morgan fingerprint density at radius 3 is 0.250 bits per heavy atom. The molecule has 0 nitrogen and oxygen atoms in total. The summed E-state index contributed by atoms with van der Waals surface area (Å²) in [4.78, 5) is 0. The Balaban J connectivity index is 0. The molecular formula is Ce3Sn5. The van der Waals surface area contributed by atoms with Crippen LogP contribution in [0.25, 0.3) is 0 Å². The first-order valence-corrected chi connectivity index (χ1v) is 0. The minimum Gasteiger partial charge on any atom is 0 e. The molecule has 0 saturated heterocycles. The molecule has 32 valence electrons. The summed E-state index contributed by atoms with van der Waals surface area (Å²) in [7, 11) is 0. The molecule has 0 amide bonds. The third kappa shape index (κ3) is 36.9. The van der Waals surface area contributed by atoms with Gasteiger partial charge in [0.1, 0.15) is 0 Å². The van der Waals surface area contributed by atoms with E-state index in [-0.39, 0.29) is 245 Å². The Bertz CT molecular complexity index is 7.64. The molecule has 0 spiro atoms. The first-order chi connectivity index (χ1) is 0. The van der Waals surface area contributed by atoms with Crippen molar-refractivity contribution >= 4 is 120 Å². The number of rotatable bonds is 0. The average Bonchev–Trinajstić information content (AvgIpc) is 0. The molecule has 0 rings (SSSR count). The molecule has 0 atom stereocenters. The van der Waals surface area contributed by atoms with Crippen LogP contribution in [0, 0.1) is 125 Å². The van der Waals surface area contributed by atoms with Gasteiger partial charge in [-0.2, -0.15) is 0 Å². The molecule has 0 aromatic carbocycles. The predicted molar refractivity (Wildman–Crippen MR) is 28.8 cm³/mol. The van der Waals surface area contributed by atoms with Crippen molar-refractivity contribution in [3.05, 3.63) is 0 Å². The van der Waals surface area contributed by atoms with E-state index in [9.17, 15) is 0 Å². The van der Waals surface area contributed by atoms with Crippen LogP contribution >= 0.6 is 0 Å². The van der Waals surface area contributed by atoms with Gasteiger partial charge in [0.15, 0.2) is 0 Å². The topological polar surface area (TPSA) is 0 Å². The van der Waals surface area contributed by atoms with E-state index in [0.29, 0.717) is 0 Å². The third-order valence-corrected chi connectivity index (χ3v) is 0. The quantitative estimate of drug-likeness (QED) is 0.250. The molecule has 0 aliphatic carbocycles. The molecule has 0 saturated carbocycles. The van der Waals surface area contributed by atoms with E-state index in [1.165, 1.54) is 0 Å². The normalized spacial score (nSPS) is 0. The van der Waals surface area contributed by atoms with Crippen LogP contribution in [0.15, 0.2) is 0 Å². The molecule has 8 heavy (non-hydrogen) atoms. The molecule has 0 heterocycles. The van der Waals surface area contributed by atoms with Crippen molar-refractivity contribution in [1.29, 1.82) is 0 Å². The Hall–Kier alpha value is 8.12. The molecule has 0 unspecified atom stereocenters. The van der Waals surface area contributed by atoms with Gasteiger partial charge in [0.2, 0.25) is 0 Å². The van der Waals surface area contributed by atoms with Gasteiger partial charge in [-0.05, 0) is 0 Å². The molecule has 0 fully saturated rings. The van der Waals surface area contributed by atoms with Crippen LogP contribution in [0.1, 0.15) is 0 Å². The maximum Gasteiger partial charge on any atom is 0 e. The molecule has 0 bridgehead atoms. The summed E-state index contributed by atoms with van der Waals surface area (Å²) in [5.74, 6) is 0. The molecule has 20 radical (unpaired) electrons. The van der Waals surface area contributed by atoms with Crippen molar-refractivity contribution < 1.29 is 125 Å². The van der Waals surface area contributed by atoms with Crippen molar-refractivity contribution in [2.24, 2.45) is 0 Å². The van der Waals surface area contributed by atoms with Gasteiger partial charge in [0.25, 0.3) is 0 Å².